The van der Waals surface area contributed by atoms with Gasteiger partial charge in [-0.05, 0) is 64.6 Å². The predicted molar refractivity (Wildman–Crippen MR) is 149 cm³/mol. The van der Waals surface area contributed by atoms with Crippen LogP contribution in [0.1, 0.15) is 69.4 Å². The van der Waals surface area contributed by atoms with Gasteiger partial charge < -0.3 is 10.2 Å². The van der Waals surface area contributed by atoms with Crippen LogP contribution in [0.4, 0.5) is 4.79 Å². The first-order valence-corrected chi connectivity index (χ1v) is 12.9. The normalized spacial score (nSPS) is 11.3. The Kier molecular flexibility index (Phi) is 9.08. The standard InChI is InChI=1S/C32H40N2O2/c1-7-26-15-14-25(18-23(3)35)19-30(26)29-17-16-28(32(4,5)6)20-27(29)22-34(8-2)31(36)33-21-24-12-10-9-11-13-24/h9-17,19-20H,7-8,18,21-22H2,1-6H3,(H,33,36). The largest absolute Gasteiger partial charge is 0.334 e. The van der Waals surface area contributed by atoms with Gasteiger partial charge in [0.2, 0.25) is 0 Å². The van der Waals surface area contributed by atoms with E-state index in [4.69, 9.17) is 0 Å². The van der Waals surface area contributed by atoms with Crippen LogP contribution in [0, 0.1) is 0 Å². The van der Waals surface area contributed by atoms with Gasteiger partial charge in [-0.25, -0.2) is 4.79 Å². The van der Waals surface area contributed by atoms with Crippen LogP contribution in [0.3, 0.4) is 0 Å². The number of hydrogen-bond donors (Lipinski definition) is 1. The molecule has 2 amide bonds. The number of benzene rings is 3. The molecule has 0 radical (unpaired) electrons. The van der Waals surface area contributed by atoms with Crippen molar-refractivity contribution in [2.24, 2.45) is 0 Å². The van der Waals surface area contributed by atoms with Gasteiger partial charge in [-0.2, -0.15) is 0 Å². The van der Waals surface area contributed by atoms with Crippen LogP contribution in [0.15, 0.2) is 66.7 Å². The average molecular weight is 485 g/mol. The fourth-order valence-corrected chi connectivity index (χ4v) is 4.45. The van der Waals surface area contributed by atoms with Gasteiger partial charge in [0.15, 0.2) is 0 Å². The number of urea groups is 1. The number of hydrogen-bond acceptors (Lipinski definition) is 2. The summed E-state index contributed by atoms with van der Waals surface area (Å²) in [6.45, 7) is 14.0. The topological polar surface area (TPSA) is 49.4 Å². The molecule has 1 N–H and O–H groups in total. The molecule has 0 unspecified atom stereocenters. The molecule has 36 heavy (non-hydrogen) atoms. The Bertz CT molecular complexity index is 1190. The second-order valence-electron chi connectivity index (χ2n) is 10.5. The summed E-state index contributed by atoms with van der Waals surface area (Å²) in [6, 6.07) is 22.9. The van der Waals surface area contributed by atoms with E-state index in [9.17, 15) is 9.59 Å². The Labute approximate surface area is 216 Å². The van der Waals surface area contributed by atoms with E-state index in [1.807, 2.05) is 42.2 Å². The number of ketones is 1. The van der Waals surface area contributed by atoms with Crippen molar-refractivity contribution in [2.45, 2.75) is 72.9 Å². The number of aryl methyl sites for hydroxylation is 1. The molecule has 0 heterocycles. The lowest BCUT2D eigenvalue weighted by atomic mass is 9.83. The number of amides is 2. The van der Waals surface area contributed by atoms with Crippen LogP contribution in [0.5, 0.6) is 0 Å². The highest BCUT2D eigenvalue weighted by Gasteiger charge is 2.20. The van der Waals surface area contributed by atoms with E-state index in [1.165, 1.54) is 11.1 Å². The third-order valence-corrected chi connectivity index (χ3v) is 6.59. The summed E-state index contributed by atoms with van der Waals surface area (Å²) in [4.78, 5) is 26.8. The molecule has 4 nitrogen and oxygen atoms in total. The predicted octanol–water partition coefficient (Wildman–Crippen LogP) is 7.08. The summed E-state index contributed by atoms with van der Waals surface area (Å²) in [5.74, 6) is 0.153. The van der Waals surface area contributed by atoms with Crippen LogP contribution < -0.4 is 5.32 Å². The quantitative estimate of drug-likeness (QED) is 0.353. The van der Waals surface area contributed by atoms with E-state index in [2.05, 4.69) is 69.4 Å². The van der Waals surface area contributed by atoms with Crippen LogP contribution in [-0.4, -0.2) is 23.3 Å². The maximum Gasteiger partial charge on any atom is 0.317 e. The van der Waals surface area contributed by atoms with Crippen LogP contribution in [-0.2, 0) is 36.1 Å². The van der Waals surface area contributed by atoms with Gasteiger partial charge in [0.05, 0.1) is 0 Å². The zero-order valence-electron chi connectivity index (χ0n) is 22.7. The lowest BCUT2D eigenvalue weighted by molar-refractivity contribution is -0.116. The Balaban J connectivity index is 1.99. The summed E-state index contributed by atoms with van der Waals surface area (Å²) in [6.07, 6.45) is 1.32. The Hall–Kier alpha value is -3.40. The van der Waals surface area contributed by atoms with Gasteiger partial charge in [-0.1, -0.05) is 94.4 Å². The first-order valence-electron chi connectivity index (χ1n) is 12.9. The summed E-state index contributed by atoms with van der Waals surface area (Å²) in [7, 11) is 0. The van der Waals surface area contributed by atoms with Gasteiger partial charge in [-0.15, -0.1) is 0 Å². The first kappa shape index (κ1) is 27.2. The highest BCUT2D eigenvalue weighted by molar-refractivity contribution is 5.80. The van der Waals surface area contributed by atoms with E-state index in [0.717, 1.165) is 34.2 Å². The molecule has 3 aromatic rings. The zero-order chi connectivity index (χ0) is 26.3. The van der Waals surface area contributed by atoms with Crippen molar-refractivity contribution in [1.82, 2.24) is 10.2 Å². The number of Topliss-reactive ketones (excluding diaryl/α,β-unsaturated/α-hetero) is 1. The number of nitrogens with one attached hydrogen (secondary N) is 1. The van der Waals surface area contributed by atoms with Crippen molar-refractivity contribution in [3.63, 3.8) is 0 Å². The van der Waals surface area contributed by atoms with Crippen molar-refractivity contribution in [1.29, 1.82) is 0 Å². The van der Waals surface area contributed by atoms with Gasteiger partial charge in [0.1, 0.15) is 5.78 Å². The SMILES string of the molecule is CCc1ccc(CC(C)=O)cc1-c1ccc(C(C)(C)C)cc1CN(CC)C(=O)NCc1ccccc1. The molecule has 3 aromatic carbocycles. The summed E-state index contributed by atoms with van der Waals surface area (Å²) in [5, 5.41) is 3.08. The minimum atomic E-state index is -0.0745. The number of carbonyl (C=O) groups is 2. The number of nitrogens with zero attached hydrogens (tertiary/aromatic N) is 1. The Morgan fingerprint density at radius 1 is 0.833 bits per heavy atom. The Morgan fingerprint density at radius 3 is 2.17 bits per heavy atom. The first-order chi connectivity index (χ1) is 17.1. The third kappa shape index (κ3) is 7.07. The molecule has 0 aliphatic heterocycles. The monoisotopic (exact) mass is 484 g/mol. The van der Waals surface area contributed by atoms with E-state index in [-0.39, 0.29) is 17.2 Å². The van der Waals surface area contributed by atoms with E-state index >= 15 is 0 Å². The van der Waals surface area contributed by atoms with Crippen molar-refractivity contribution < 1.29 is 9.59 Å². The van der Waals surface area contributed by atoms with Gasteiger partial charge in [0, 0.05) is 26.1 Å². The summed E-state index contributed by atoms with van der Waals surface area (Å²) in [5.41, 5.74) is 7.95. The molecule has 0 aliphatic rings. The molecular weight excluding hydrogens is 444 g/mol. The average Bonchev–Trinajstić information content (AvgIpc) is 2.85. The smallest absolute Gasteiger partial charge is 0.317 e. The molecule has 0 atom stereocenters. The molecule has 0 saturated heterocycles. The molecule has 0 bridgehead atoms. The van der Waals surface area contributed by atoms with Gasteiger partial charge in [0.25, 0.3) is 0 Å². The molecule has 0 spiro atoms. The minimum Gasteiger partial charge on any atom is -0.334 e. The highest BCUT2D eigenvalue weighted by atomic mass is 16.2. The zero-order valence-corrected chi connectivity index (χ0v) is 22.7. The van der Waals surface area contributed by atoms with E-state index in [1.54, 1.807) is 6.92 Å². The summed E-state index contributed by atoms with van der Waals surface area (Å²) < 4.78 is 0. The van der Waals surface area contributed by atoms with Gasteiger partial charge >= 0.3 is 6.03 Å². The molecule has 0 aliphatic carbocycles. The summed E-state index contributed by atoms with van der Waals surface area (Å²) >= 11 is 0. The lowest BCUT2D eigenvalue weighted by Gasteiger charge is -2.26. The molecule has 4 heteroatoms. The fraction of sp³-hybridized carbons (Fsp3) is 0.375. The molecule has 0 saturated carbocycles. The van der Waals surface area contributed by atoms with Gasteiger partial charge in [-0.3, -0.25) is 4.79 Å². The van der Waals surface area contributed by atoms with Crippen LogP contribution >= 0.6 is 0 Å². The van der Waals surface area contributed by atoms with E-state index < -0.39 is 0 Å². The number of rotatable bonds is 9. The molecule has 3 rings (SSSR count). The maximum atomic E-state index is 13.2. The van der Waals surface area contributed by atoms with Crippen LogP contribution in [0.2, 0.25) is 0 Å². The molecular formula is C32H40N2O2. The second kappa shape index (κ2) is 12.0. The third-order valence-electron chi connectivity index (χ3n) is 6.59. The van der Waals surface area contributed by atoms with E-state index in [0.29, 0.717) is 26.1 Å². The minimum absolute atomic E-state index is 0.00996. The molecule has 0 fully saturated rings. The Morgan fingerprint density at radius 2 is 1.56 bits per heavy atom. The maximum absolute atomic E-state index is 13.2. The van der Waals surface area contributed by atoms with Crippen LogP contribution in [0.25, 0.3) is 11.1 Å². The van der Waals surface area contributed by atoms with Crippen molar-refractivity contribution in [3.05, 3.63) is 94.5 Å². The molecule has 0 aromatic heterocycles. The van der Waals surface area contributed by atoms with Crippen molar-refractivity contribution >= 4 is 11.8 Å². The second-order valence-corrected chi connectivity index (χ2v) is 10.5. The molecule has 190 valence electrons. The van der Waals surface area contributed by atoms with Crippen molar-refractivity contribution in [2.75, 3.05) is 6.54 Å². The fourth-order valence-electron chi connectivity index (χ4n) is 4.45. The lowest BCUT2D eigenvalue weighted by Crippen LogP contribution is -2.39. The number of carbonyl (C=O) groups excluding carboxylic acids is 2. The van der Waals surface area contributed by atoms with Crippen molar-refractivity contribution in [3.8, 4) is 11.1 Å². The highest BCUT2D eigenvalue weighted by Crippen LogP contribution is 2.33.